The van der Waals surface area contributed by atoms with Crippen molar-refractivity contribution in [3.8, 4) is 11.3 Å². The van der Waals surface area contributed by atoms with E-state index in [9.17, 15) is 9.59 Å². The number of rotatable bonds is 8. The standard InChI is InChI=1S/C22H24N4O3/c1-3-26-22(28)21(24-17-11-8-14-23-15-17)18(12-7-13-19(27)29-2)20(25-26)16-9-5-4-6-10-16/h4-6,8-11,14-15,24H,3,7,12-13H2,1-2H3. The van der Waals surface area contributed by atoms with Gasteiger partial charge in [0.1, 0.15) is 5.69 Å². The molecule has 2 heterocycles. The number of esters is 1. The lowest BCUT2D eigenvalue weighted by Crippen LogP contribution is -2.27. The van der Waals surface area contributed by atoms with E-state index >= 15 is 0 Å². The summed E-state index contributed by atoms with van der Waals surface area (Å²) in [5.41, 5.74) is 3.38. The second-order valence-corrected chi connectivity index (χ2v) is 6.49. The molecule has 3 aromatic rings. The number of hydrogen-bond acceptors (Lipinski definition) is 6. The van der Waals surface area contributed by atoms with Crippen LogP contribution in [0.5, 0.6) is 0 Å². The Kier molecular flexibility index (Phi) is 6.73. The van der Waals surface area contributed by atoms with E-state index in [4.69, 9.17) is 4.74 Å². The van der Waals surface area contributed by atoms with Crippen LogP contribution in [-0.4, -0.2) is 27.8 Å². The van der Waals surface area contributed by atoms with Crippen LogP contribution in [0, 0.1) is 0 Å². The lowest BCUT2D eigenvalue weighted by Gasteiger charge is -2.17. The monoisotopic (exact) mass is 392 g/mol. The minimum atomic E-state index is -0.275. The maximum atomic E-state index is 13.1. The fraction of sp³-hybridized carbons (Fsp3) is 0.273. The first-order valence-corrected chi connectivity index (χ1v) is 9.57. The second-order valence-electron chi connectivity index (χ2n) is 6.49. The van der Waals surface area contributed by atoms with E-state index in [2.05, 4.69) is 15.4 Å². The molecule has 0 saturated heterocycles. The van der Waals surface area contributed by atoms with Gasteiger partial charge in [-0.3, -0.25) is 14.6 Å². The fourth-order valence-electron chi connectivity index (χ4n) is 3.11. The largest absolute Gasteiger partial charge is 0.469 e. The van der Waals surface area contributed by atoms with Gasteiger partial charge < -0.3 is 10.1 Å². The van der Waals surface area contributed by atoms with Gasteiger partial charge in [0.25, 0.3) is 5.56 Å². The van der Waals surface area contributed by atoms with E-state index in [0.29, 0.717) is 30.8 Å². The summed E-state index contributed by atoms with van der Waals surface area (Å²) in [5.74, 6) is -0.275. The Balaban J connectivity index is 2.11. The zero-order valence-electron chi connectivity index (χ0n) is 16.6. The molecule has 1 N–H and O–H groups in total. The normalized spacial score (nSPS) is 10.6. The summed E-state index contributed by atoms with van der Waals surface area (Å²) in [4.78, 5) is 28.8. The summed E-state index contributed by atoms with van der Waals surface area (Å²) < 4.78 is 6.19. The molecular formula is C22H24N4O3. The molecule has 0 bridgehead atoms. The number of nitrogens with zero attached hydrogens (tertiary/aromatic N) is 3. The number of carbonyl (C=O) groups is 1. The van der Waals surface area contributed by atoms with Crippen LogP contribution >= 0.6 is 0 Å². The third-order valence-electron chi connectivity index (χ3n) is 4.57. The quantitative estimate of drug-likeness (QED) is 0.590. The maximum Gasteiger partial charge on any atom is 0.305 e. The SMILES string of the molecule is CCn1nc(-c2ccccc2)c(CCCC(=O)OC)c(Nc2cccnc2)c1=O. The Bertz CT molecular complexity index is 1020. The summed E-state index contributed by atoms with van der Waals surface area (Å²) in [6.07, 6.45) is 4.67. The van der Waals surface area contributed by atoms with Gasteiger partial charge in [-0.05, 0) is 31.9 Å². The Morgan fingerprint density at radius 3 is 2.62 bits per heavy atom. The molecule has 1 aromatic carbocycles. The molecule has 7 heteroatoms. The smallest absolute Gasteiger partial charge is 0.305 e. The Morgan fingerprint density at radius 1 is 1.17 bits per heavy atom. The van der Waals surface area contributed by atoms with E-state index in [1.807, 2.05) is 43.3 Å². The van der Waals surface area contributed by atoms with Crippen LogP contribution in [0.15, 0.2) is 59.7 Å². The van der Waals surface area contributed by atoms with Crippen molar-refractivity contribution in [1.82, 2.24) is 14.8 Å². The van der Waals surface area contributed by atoms with E-state index in [1.165, 1.54) is 11.8 Å². The lowest BCUT2D eigenvalue weighted by molar-refractivity contribution is -0.140. The Hall–Kier alpha value is -3.48. The summed E-state index contributed by atoms with van der Waals surface area (Å²) in [5, 5.41) is 7.84. The van der Waals surface area contributed by atoms with E-state index in [1.54, 1.807) is 18.5 Å². The van der Waals surface area contributed by atoms with Crippen molar-refractivity contribution in [3.05, 3.63) is 70.8 Å². The molecule has 29 heavy (non-hydrogen) atoms. The number of aryl methyl sites for hydroxylation is 1. The van der Waals surface area contributed by atoms with Crippen LogP contribution in [0.2, 0.25) is 0 Å². The molecule has 2 aromatic heterocycles. The third kappa shape index (κ3) is 4.87. The maximum absolute atomic E-state index is 13.1. The van der Waals surface area contributed by atoms with Crippen molar-refractivity contribution >= 4 is 17.3 Å². The van der Waals surface area contributed by atoms with Crippen LogP contribution in [0.4, 0.5) is 11.4 Å². The fourth-order valence-corrected chi connectivity index (χ4v) is 3.11. The van der Waals surface area contributed by atoms with E-state index in [-0.39, 0.29) is 17.9 Å². The molecule has 0 fully saturated rings. The summed E-state index contributed by atoms with van der Waals surface area (Å²) in [6, 6.07) is 13.4. The lowest BCUT2D eigenvalue weighted by atomic mass is 10.00. The molecule has 7 nitrogen and oxygen atoms in total. The van der Waals surface area contributed by atoms with Crippen molar-refractivity contribution in [2.75, 3.05) is 12.4 Å². The van der Waals surface area contributed by atoms with E-state index in [0.717, 1.165) is 16.8 Å². The number of nitrogens with one attached hydrogen (secondary N) is 1. The van der Waals surface area contributed by atoms with Crippen LogP contribution in [-0.2, 0) is 22.5 Å². The van der Waals surface area contributed by atoms with Crippen molar-refractivity contribution in [1.29, 1.82) is 0 Å². The summed E-state index contributed by atoms with van der Waals surface area (Å²) in [7, 11) is 1.37. The van der Waals surface area contributed by atoms with Gasteiger partial charge in [0.2, 0.25) is 0 Å². The molecule has 3 rings (SSSR count). The van der Waals surface area contributed by atoms with Crippen molar-refractivity contribution in [2.45, 2.75) is 32.7 Å². The number of pyridine rings is 1. The van der Waals surface area contributed by atoms with Gasteiger partial charge >= 0.3 is 5.97 Å². The molecule has 0 amide bonds. The highest BCUT2D eigenvalue weighted by Gasteiger charge is 2.19. The van der Waals surface area contributed by atoms with E-state index < -0.39 is 0 Å². The van der Waals surface area contributed by atoms with Gasteiger partial charge in [-0.1, -0.05) is 30.3 Å². The first kappa shape index (κ1) is 20.3. The van der Waals surface area contributed by atoms with Crippen LogP contribution in [0.25, 0.3) is 11.3 Å². The van der Waals surface area contributed by atoms with Crippen molar-refractivity contribution in [3.63, 3.8) is 0 Å². The van der Waals surface area contributed by atoms with Crippen LogP contribution in [0.1, 0.15) is 25.3 Å². The minimum absolute atomic E-state index is 0.205. The average Bonchev–Trinajstić information content (AvgIpc) is 2.77. The van der Waals surface area contributed by atoms with Crippen molar-refractivity contribution in [2.24, 2.45) is 0 Å². The highest BCUT2D eigenvalue weighted by molar-refractivity contribution is 5.73. The molecule has 0 aliphatic carbocycles. The molecular weight excluding hydrogens is 368 g/mol. The molecule has 0 spiro atoms. The summed E-state index contributed by atoms with van der Waals surface area (Å²) in [6.45, 7) is 2.33. The number of hydrogen-bond donors (Lipinski definition) is 1. The van der Waals surface area contributed by atoms with Crippen LogP contribution in [0.3, 0.4) is 0 Å². The van der Waals surface area contributed by atoms with Gasteiger partial charge in [-0.2, -0.15) is 5.10 Å². The number of carbonyl (C=O) groups excluding carboxylic acids is 1. The summed E-state index contributed by atoms with van der Waals surface area (Å²) >= 11 is 0. The Labute approximate surface area is 169 Å². The zero-order chi connectivity index (χ0) is 20.6. The number of anilines is 2. The van der Waals surface area contributed by atoms with Gasteiger partial charge in [-0.15, -0.1) is 0 Å². The van der Waals surface area contributed by atoms with Crippen LogP contribution < -0.4 is 10.9 Å². The molecule has 0 saturated carbocycles. The van der Waals surface area contributed by atoms with Gasteiger partial charge in [0.05, 0.1) is 24.7 Å². The first-order valence-electron chi connectivity index (χ1n) is 9.57. The van der Waals surface area contributed by atoms with Gasteiger partial charge in [-0.25, -0.2) is 4.68 Å². The minimum Gasteiger partial charge on any atom is -0.469 e. The predicted octanol–water partition coefficient (Wildman–Crippen LogP) is 3.56. The number of benzene rings is 1. The second kappa shape index (κ2) is 9.64. The number of ether oxygens (including phenoxy) is 1. The highest BCUT2D eigenvalue weighted by atomic mass is 16.5. The van der Waals surface area contributed by atoms with Crippen molar-refractivity contribution < 1.29 is 9.53 Å². The van der Waals surface area contributed by atoms with Gasteiger partial charge in [0.15, 0.2) is 0 Å². The average molecular weight is 392 g/mol. The molecule has 0 atom stereocenters. The zero-order valence-corrected chi connectivity index (χ0v) is 16.6. The first-order chi connectivity index (χ1) is 14.1. The Morgan fingerprint density at radius 2 is 1.97 bits per heavy atom. The molecule has 0 unspecified atom stereocenters. The predicted molar refractivity (Wildman–Crippen MR) is 112 cm³/mol. The molecule has 0 aliphatic rings. The molecule has 150 valence electrons. The van der Waals surface area contributed by atoms with Gasteiger partial charge in [0, 0.05) is 30.3 Å². The molecule has 0 aliphatic heterocycles. The topological polar surface area (TPSA) is 86.1 Å². The highest BCUT2D eigenvalue weighted by Crippen LogP contribution is 2.28. The third-order valence-corrected chi connectivity index (χ3v) is 4.57. The number of aromatic nitrogens is 3. The number of methoxy groups -OCH3 is 1. The molecule has 0 radical (unpaired) electrons.